The van der Waals surface area contributed by atoms with Gasteiger partial charge in [0.2, 0.25) is 0 Å². The van der Waals surface area contributed by atoms with Gasteiger partial charge >= 0.3 is 12.0 Å². The van der Waals surface area contributed by atoms with Crippen LogP contribution in [0.15, 0.2) is 54.1 Å². The quantitative estimate of drug-likeness (QED) is 0.690. The highest BCUT2D eigenvalue weighted by Crippen LogP contribution is 2.44. The molecule has 2 aromatic carbocycles. The highest BCUT2D eigenvalue weighted by atomic mass is 19.1. The van der Waals surface area contributed by atoms with Gasteiger partial charge in [0.25, 0.3) is 0 Å². The minimum absolute atomic E-state index is 0.000490. The van der Waals surface area contributed by atoms with Crippen LogP contribution in [0.5, 0.6) is 0 Å². The summed E-state index contributed by atoms with van der Waals surface area (Å²) in [5.41, 5.74) is 3.27. The molecule has 1 aliphatic carbocycles. The molecule has 2 fully saturated rings. The zero-order valence-corrected chi connectivity index (χ0v) is 18.1. The summed E-state index contributed by atoms with van der Waals surface area (Å²) in [6.07, 6.45) is 4.36. The summed E-state index contributed by atoms with van der Waals surface area (Å²) >= 11 is 0. The SMILES string of the molecule is COC(=O)C1=C(c2ccc(-c3ccccc3)c(F)c2)CC2CCC1N2C(=O)NCC1CC1. The number of rotatable bonds is 5. The van der Waals surface area contributed by atoms with E-state index in [0.717, 1.165) is 30.4 Å². The van der Waals surface area contributed by atoms with E-state index in [0.29, 0.717) is 42.0 Å². The van der Waals surface area contributed by atoms with Crippen LogP contribution in [-0.2, 0) is 9.53 Å². The van der Waals surface area contributed by atoms with Crippen molar-refractivity contribution >= 4 is 17.6 Å². The van der Waals surface area contributed by atoms with Crippen LogP contribution in [0.2, 0.25) is 0 Å². The fraction of sp³-hybridized carbons (Fsp3) is 0.385. The van der Waals surface area contributed by atoms with Gasteiger partial charge in [0, 0.05) is 18.2 Å². The van der Waals surface area contributed by atoms with E-state index in [1.807, 2.05) is 41.3 Å². The van der Waals surface area contributed by atoms with Crippen molar-refractivity contribution in [3.63, 3.8) is 0 Å². The predicted octanol–water partition coefficient (Wildman–Crippen LogP) is 4.78. The fourth-order valence-electron chi connectivity index (χ4n) is 5.06. The number of benzene rings is 2. The third-order valence-electron chi connectivity index (χ3n) is 6.88. The zero-order chi connectivity index (χ0) is 22.2. The van der Waals surface area contributed by atoms with E-state index in [4.69, 9.17) is 4.74 Å². The van der Waals surface area contributed by atoms with Crippen molar-refractivity contribution in [2.45, 2.75) is 44.2 Å². The molecule has 0 aromatic heterocycles. The van der Waals surface area contributed by atoms with Gasteiger partial charge in [0.15, 0.2) is 0 Å². The van der Waals surface area contributed by atoms with Crippen LogP contribution in [0.25, 0.3) is 16.7 Å². The van der Waals surface area contributed by atoms with Gasteiger partial charge in [-0.2, -0.15) is 0 Å². The molecular weight excluding hydrogens is 407 g/mol. The first kappa shape index (κ1) is 20.7. The van der Waals surface area contributed by atoms with Gasteiger partial charge in [-0.05, 0) is 60.8 Å². The molecule has 5 nitrogen and oxygen atoms in total. The molecule has 2 aliphatic heterocycles. The molecule has 2 atom stereocenters. The lowest BCUT2D eigenvalue weighted by Gasteiger charge is -2.37. The molecule has 5 rings (SSSR count). The summed E-state index contributed by atoms with van der Waals surface area (Å²) in [7, 11) is 1.35. The Bertz CT molecular complexity index is 1080. The number of ether oxygens (including phenoxy) is 1. The first-order valence-corrected chi connectivity index (χ1v) is 11.3. The van der Waals surface area contributed by atoms with Crippen molar-refractivity contribution < 1.29 is 18.7 Å². The number of nitrogens with zero attached hydrogens (tertiary/aromatic N) is 1. The Labute approximate surface area is 187 Å². The van der Waals surface area contributed by atoms with Crippen molar-refractivity contribution in [2.75, 3.05) is 13.7 Å². The molecule has 1 saturated carbocycles. The number of carbonyl (C=O) groups is 2. The number of hydrogen-bond donors (Lipinski definition) is 1. The number of methoxy groups -OCH3 is 1. The molecule has 0 spiro atoms. The standard InChI is InChI=1S/C26H27FN2O3/c1-32-25(30)24-21(18-9-11-20(22(27)13-18)17-5-3-2-4-6-17)14-19-10-12-23(24)29(19)26(31)28-15-16-7-8-16/h2-6,9,11,13,16,19,23H,7-8,10,12,14-15H2,1H3,(H,28,31). The Balaban J connectivity index is 1.49. The van der Waals surface area contributed by atoms with Gasteiger partial charge in [-0.25, -0.2) is 14.0 Å². The van der Waals surface area contributed by atoms with Gasteiger partial charge < -0.3 is 15.0 Å². The highest BCUT2D eigenvalue weighted by Gasteiger charge is 2.46. The van der Waals surface area contributed by atoms with Crippen LogP contribution < -0.4 is 5.32 Å². The van der Waals surface area contributed by atoms with E-state index in [-0.39, 0.29) is 23.9 Å². The van der Waals surface area contributed by atoms with Crippen molar-refractivity contribution in [3.8, 4) is 11.1 Å². The summed E-state index contributed by atoms with van der Waals surface area (Å²) in [4.78, 5) is 27.6. The van der Waals surface area contributed by atoms with Crippen LogP contribution in [0.4, 0.5) is 9.18 Å². The van der Waals surface area contributed by atoms with E-state index in [1.165, 1.54) is 13.2 Å². The third-order valence-corrected chi connectivity index (χ3v) is 6.88. The topological polar surface area (TPSA) is 58.6 Å². The molecule has 2 amide bonds. The first-order chi connectivity index (χ1) is 15.6. The van der Waals surface area contributed by atoms with Crippen LogP contribution in [0.1, 0.15) is 37.7 Å². The number of amides is 2. The maximum absolute atomic E-state index is 15.1. The number of esters is 1. The average molecular weight is 435 g/mol. The molecule has 2 aromatic rings. The average Bonchev–Trinajstić information content (AvgIpc) is 3.60. The molecule has 6 heteroatoms. The molecule has 32 heavy (non-hydrogen) atoms. The number of hydrogen-bond acceptors (Lipinski definition) is 3. The van der Waals surface area contributed by atoms with E-state index < -0.39 is 5.97 Å². The normalized spacial score (nSPS) is 22.1. The molecule has 1 saturated heterocycles. The largest absolute Gasteiger partial charge is 0.466 e. The zero-order valence-electron chi connectivity index (χ0n) is 18.1. The Hall–Kier alpha value is -3.15. The van der Waals surface area contributed by atoms with E-state index >= 15 is 4.39 Å². The van der Waals surface area contributed by atoms with Crippen molar-refractivity contribution in [3.05, 3.63) is 65.5 Å². The van der Waals surface area contributed by atoms with Gasteiger partial charge in [0.1, 0.15) is 5.82 Å². The van der Waals surface area contributed by atoms with E-state index in [1.54, 1.807) is 6.07 Å². The number of carbonyl (C=O) groups excluding carboxylic acids is 2. The summed E-state index contributed by atoms with van der Waals surface area (Å²) in [5, 5.41) is 3.03. The first-order valence-electron chi connectivity index (χ1n) is 11.3. The van der Waals surface area contributed by atoms with E-state index in [9.17, 15) is 9.59 Å². The number of nitrogens with one attached hydrogen (secondary N) is 1. The molecule has 2 heterocycles. The van der Waals surface area contributed by atoms with Gasteiger partial charge in [0.05, 0.1) is 18.7 Å². The lowest BCUT2D eigenvalue weighted by Crippen LogP contribution is -2.51. The number of urea groups is 1. The molecule has 2 unspecified atom stereocenters. The summed E-state index contributed by atoms with van der Waals surface area (Å²) in [6.45, 7) is 0.686. The van der Waals surface area contributed by atoms with Crippen LogP contribution >= 0.6 is 0 Å². The van der Waals surface area contributed by atoms with E-state index in [2.05, 4.69) is 5.32 Å². The summed E-state index contributed by atoms with van der Waals surface area (Å²) < 4.78 is 20.2. The Morgan fingerprint density at radius 3 is 2.53 bits per heavy atom. The minimum atomic E-state index is -0.446. The second-order valence-corrected chi connectivity index (χ2v) is 8.93. The predicted molar refractivity (Wildman–Crippen MR) is 120 cm³/mol. The smallest absolute Gasteiger partial charge is 0.336 e. The molecule has 3 aliphatic rings. The van der Waals surface area contributed by atoms with Crippen molar-refractivity contribution in [1.29, 1.82) is 0 Å². The van der Waals surface area contributed by atoms with Crippen molar-refractivity contribution in [2.24, 2.45) is 5.92 Å². The summed E-state index contributed by atoms with van der Waals surface area (Å²) in [5.74, 6) is -0.195. The van der Waals surface area contributed by atoms with Crippen molar-refractivity contribution in [1.82, 2.24) is 10.2 Å². The Morgan fingerprint density at radius 2 is 1.84 bits per heavy atom. The van der Waals surface area contributed by atoms with Gasteiger partial charge in [-0.3, -0.25) is 0 Å². The van der Waals surface area contributed by atoms with Gasteiger partial charge in [-0.1, -0.05) is 42.5 Å². The highest BCUT2D eigenvalue weighted by molar-refractivity contribution is 6.01. The fourth-order valence-corrected chi connectivity index (χ4v) is 5.06. The monoisotopic (exact) mass is 434 g/mol. The lowest BCUT2D eigenvalue weighted by atomic mass is 9.87. The van der Waals surface area contributed by atoms with Gasteiger partial charge in [-0.15, -0.1) is 0 Å². The molecule has 1 N–H and O–H groups in total. The van der Waals surface area contributed by atoms with Crippen LogP contribution in [-0.4, -0.2) is 42.6 Å². The Morgan fingerprint density at radius 1 is 1.06 bits per heavy atom. The summed E-state index contributed by atoms with van der Waals surface area (Å²) in [6, 6.07) is 14.1. The maximum Gasteiger partial charge on any atom is 0.336 e. The lowest BCUT2D eigenvalue weighted by molar-refractivity contribution is -0.136. The molecular formula is C26H27FN2O3. The third kappa shape index (κ3) is 3.78. The minimum Gasteiger partial charge on any atom is -0.466 e. The van der Waals surface area contributed by atoms with Crippen LogP contribution in [0.3, 0.4) is 0 Å². The number of halogens is 1. The maximum atomic E-state index is 15.1. The van der Waals surface area contributed by atoms with Crippen LogP contribution in [0, 0.1) is 11.7 Å². The molecule has 2 bridgehead atoms. The number of fused-ring (bicyclic) bond motifs is 2. The Kier molecular flexibility index (Phi) is 5.45. The molecule has 166 valence electrons. The second-order valence-electron chi connectivity index (χ2n) is 8.93. The second kappa shape index (κ2) is 8.41. The molecule has 0 radical (unpaired) electrons.